The number of halogens is 1. The smallest absolute Gasteiger partial charge is 0.287 e. The van der Waals surface area contributed by atoms with Gasteiger partial charge in [-0.2, -0.15) is 5.10 Å². The minimum atomic E-state index is -0.237. The van der Waals surface area contributed by atoms with Crippen LogP contribution < -0.4 is 10.9 Å². The number of nitrogens with zero attached hydrogens (tertiary/aromatic N) is 3. The van der Waals surface area contributed by atoms with Gasteiger partial charge in [0, 0.05) is 12.6 Å². The van der Waals surface area contributed by atoms with E-state index in [2.05, 4.69) is 36.1 Å². The molecule has 1 aromatic rings. The van der Waals surface area contributed by atoms with Gasteiger partial charge in [-0.3, -0.25) is 4.79 Å². The van der Waals surface area contributed by atoms with Crippen molar-refractivity contribution < 1.29 is 0 Å². The first-order valence-corrected chi connectivity index (χ1v) is 8.15. The van der Waals surface area contributed by atoms with Crippen molar-refractivity contribution >= 4 is 17.3 Å². The van der Waals surface area contributed by atoms with Gasteiger partial charge in [0.2, 0.25) is 0 Å². The van der Waals surface area contributed by atoms with Crippen LogP contribution in [0.2, 0.25) is 5.02 Å². The third kappa shape index (κ3) is 5.32. The Balaban J connectivity index is 2.54. The molecule has 0 aliphatic heterocycles. The minimum absolute atomic E-state index is 0.224. The second-order valence-corrected chi connectivity index (χ2v) is 5.59. The fourth-order valence-electron chi connectivity index (χ4n) is 2.29. The summed E-state index contributed by atoms with van der Waals surface area (Å²) >= 11 is 6.11. The van der Waals surface area contributed by atoms with Gasteiger partial charge in [-0.15, -0.1) is 0 Å². The molecule has 120 valence electrons. The molecule has 0 radical (unpaired) electrons. The molecule has 1 N–H and O–H groups in total. The average Bonchev–Trinajstić information content (AvgIpc) is 2.49. The average molecular weight is 315 g/mol. The van der Waals surface area contributed by atoms with Crippen LogP contribution >= 0.6 is 11.6 Å². The highest BCUT2D eigenvalue weighted by Crippen LogP contribution is 2.17. The van der Waals surface area contributed by atoms with Crippen molar-refractivity contribution in [1.29, 1.82) is 0 Å². The Labute approximate surface area is 132 Å². The molecule has 0 aliphatic carbocycles. The maximum atomic E-state index is 11.9. The Morgan fingerprint density at radius 3 is 2.62 bits per heavy atom. The Hall–Kier alpha value is -1.07. The van der Waals surface area contributed by atoms with E-state index < -0.39 is 0 Å². The summed E-state index contributed by atoms with van der Waals surface area (Å²) in [6, 6.07) is 0.261. The maximum absolute atomic E-state index is 11.9. The SMILES string of the molecule is CCN(CC)CCCC(C)Nc1cnn(CC)c(=O)c1Cl. The van der Waals surface area contributed by atoms with Gasteiger partial charge in [-0.05, 0) is 46.3 Å². The standard InChI is InChI=1S/C15H27ClN4O/c1-5-19(6-2)10-8-9-12(4)18-13-11-17-20(7-3)15(21)14(13)16/h11-12,18H,5-10H2,1-4H3. The number of hydrogen-bond acceptors (Lipinski definition) is 4. The number of anilines is 1. The van der Waals surface area contributed by atoms with E-state index in [1.165, 1.54) is 4.68 Å². The van der Waals surface area contributed by atoms with Gasteiger partial charge >= 0.3 is 0 Å². The van der Waals surface area contributed by atoms with Crippen LogP contribution in [-0.2, 0) is 6.54 Å². The summed E-state index contributed by atoms with van der Waals surface area (Å²) in [4.78, 5) is 14.3. The number of hydrogen-bond donors (Lipinski definition) is 1. The monoisotopic (exact) mass is 314 g/mol. The largest absolute Gasteiger partial charge is 0.380 e. The van der Waals surface area contributed by atoms with Crippen molar-refractivity contribution in [3.05, 3.63) is 21.6 Å². The molecule has 1 rings (SSSR count). The Morgan fingerprint density at radius 1 is 1.38 bits per heavy atom. The van der Waals surface area contributed by atoms with Crippen LogP contribution in [0.5, 0.6) is 0 Å². The van der Waals surface area contributed by atoms with Gasteiger partial charge in [0.1, 0.15) is 5.02 Å². The molecule has 0 amide bonds. The molecule has 0 spiro atoms. The molecule has 5 nitrogen and oxygen atoms in total. The van der Waals surface area contributed by atoms with Gasteiger partial charge < -0.3 is 10.2 Å². The first-order valence-electron chi connectivity index (χ1n) is 7.77. The summed E-state index contributed by atoms with van der Waals surface area (Å²) < 4.78 is 1.36. The van der Waals surface area contributed by atoms with Crippen LogP contribution in [0.1, 0.15) is 40.5 Å². The van der Waals surface area contributed by atoms with E-state index in [0.29, 0.717) is 12.2 Å². The molecule has 1 heterocycles. The van der Waals surface area contributed by atoms with Crippen molar-refractivity contribution in [2.24, 2.45) is 0 Å². The molecule has 0 aromatic carbocycles. The highest BCUT2D eigenvalue weighted by molar-refractivity contribution is 6.32. The van der Waals surface area contributed by atoms with Gasteiger partial charge in [0.25, 0.3) is 5.56 Å². The first kappa shape index (κ1) is 18.0. The summed E-state index contributed by atoms with van der Waals surface area (Å²) in [7, 11) is 0. The zero-order valence-corrected chi connectivity index (χ0v) is 14.3. The third-order valence-corrected chi connectivity index (χ3v) is 4.06. The number of aromatic nitrogens is 2. The predicted molar refractivity (Wildman–Crippen MR) is 89.3 cm³/mol. The van der Waals surface area contributed by atoms with Crippen molar-refractivity contribution in [2.45, 2.75) is 53.1 Å². The quantitative estimate of drug-likeness (QED) is 0.761. The van der Waals surface area contributed by atoms with Crippen molar-refractivity contribution in [1.82, 2.24) is 14.7 Å². The van der Waals surface area contributed by atoms with Gasteiger partial charge in [0.05, 0.1) is 11.9 Å². The molecular weight excluding hydrogens is 288 g/mol. The molecule has 6 heteroatoms. The molecule has 0 fully saturated rings. The predicted octanol–water partition coefficient (Wildman–Crippen LogP) is 2.84. The molecule has 0 saturated carbocycles. The Kier molecular flexibility index (Phi) is 7.75. The van der Waals surface area contributed by atoms with E-state index in [9.17, 15) is 4.79 Å². The van der Waals surface area contributed by atoms with Crippen LogP contribution in [0.25, 0.3) is 0 Å². The number of rotatable bonds is 9. The van der Waals surface area contributed by atoms with Gasteiger partial charge in [0.15, 0.2) is 0 Å². The van der Waals surface area contributed by atoms with Crippen molar-refractivity contribution in [2.75, 3.05) is 25.0 Å². The molecule has 1 aromatic heterocycles. The maximum Gasteiger partial charge on any atom is 0.287 e. The highest BCUT2D eigenvalue weighted by atomic mass is 35.5. The normalized spacial score (nSPS) is 12.7. The molecule has 0 saturated heterocycles. The fraction of sp³-hybridized carbons (Fsp3) is 0.733. The lowest BCUT2D eigenvalue weighted by Crippen LogP contribution is -2.27. The molecule has 0 bridgehead atoms. The first-order chi connectivity index (χ1) is 10.0. The van der Waals surface area contributed by atoms with E-state index in [1.807, 2.05) is 6.92 Å². The topological polar surface area (TPSA) is 50.2 Å². The van der Waals surface area contributed by atoms with E-state index in [-0.39, 0.29) is 16.6 Å². The Morgan fingerprint density at radius 2 is 2.05 bits per heavy atom. The molecule has 1 unspecified atom stereocenters. The second kappa shape index (κ2) is 9.05. The lowest BCUT2D eigenvalue weighted by Gasteiger charge is -2.20. The fourth-order valence-corrected chi connectivity index (χ4v) is 2.49. The van der Waals surface area contributed by atoms with Crippen LogP contribution in [0.3, 0.4) is 0 Å². The third-order valence-electron chi connectivity index (χ3n) is 3.69. The summed E-state index contributed by atoms with van der Waals surface area (Å²) in [5, 5.41) is 7.60. The zero-order chi connectivity index (χ0) is 15.8. The minimum Gasteiger partial charge on any atom is -0.380 e. The van der Waals surface area contributed by atoms with E-state index in [4.69, 9.17) is 11.6 Å². The van der Waals surface area contributed by atoms with E-state index in [0.717, 1.165) is 32.5 Å². The molecule has 0 aliphatic rings. The summed E-state index contributed by atoms with van der Waals surface area (Å²) in [6.07, 6.45) is 3.78. The second-order valence-electron chi connectivity index (χ2n) is 5.21. The van der Waals surface area contributed by atoms with Crippen LogP contribution in [0, 0.1) is 0 Å². The van der Waals surface area contributed by atoms with Crippen molar-refractivity contribution in [3.8, 4) is 0 Å². The van der Waals surface area contributed by atoms with Gasteiger partial charge in [-0.1, -0.05) is 25.4 Å². The molecular formula is C15H27ClN4O. The number of nitrogens with one attached hydrogen (secondary N) is 1. The van der Waals surface area contributed by atoms with Crippen LogP contribution in [0.4, 0.5) is 5.69 Å². The van der Waals surface area contributed by atoms with Crippen molar-refractivity contribution in [3.63, 3.8) is 0 Å². The summed E-state index contributed by atoms with van der Waals surface area (Å²) in [5.41, 5.74) is 0.390. The molecule has 1 atom stereocenters. The van der Waals surface area contributed by atoms with Gasteiger partial charge in [-0.25, -0.2) is 4.68 Å². The lowest BCUT2D eigenvalue weighted by atomic mass is 10.1. The van der Waals surface area contributed by atoms with E-state index >= 15 is 0 Å². The van der Waals surface area contributed by atoms with Crippen LogP contribution in [0.15, 0.2) is 11.0 Å². The molecule has 21 heavy (non-hydrogen) atoms. The number of aryl methyl sites for hydroxylation is 1. The summed E-state index contributed by atoms with van der Waals surface area (Å²) in [6.45, 7) is 12.1. The Bertz CT molecular complexity index is 485. The zero-order valence-electron chi connectivity index (χ0n) is 13.5. The van der Waals surface area contributed by atoms with Crippen LogP contribution in [-0.4, -0.2) is 40.4 Å². The lowest BCUT2D eigenvalue weighted by molar-refractivity contribution is 0.295. The van der Waals surface area contributed by atoms with E-state index in [1.54, 1.807) is 6.20 Å². The highest BCUT2D eigenvalue weighted by Gasteiger charge is 2.11. The summed E-state index contributed by atoms with van der Waals surface area (Å²) in [5.74, 6) is 0.